The van der Waals surface area contributed by atoms with E-state index in [-0.39, 0.29) is 18.7 Å². The normalized spacial score (nSPS) is 18.4. The first kappa shape index (κ1) is 17.1. The highest BCUT2D eigenvalue weighted by molar-refractivity contribution is 5.99. The van der Waals surface area contributed by atoms with Crippen LogP contribution in [-0.4, -0.2) is 43.8 Å². The summed E-state index contributed by atoms with van der Waals surface area (Å²) in [7, 11) is 3.15. The summed E-state index contributed by atoms with van der Waals surface area (Å²) in [6, 6.07) is 4.48. The molecule has 0 spiro atoms. The molecule has 0 saturated carbocycles. The Hall–Kier alpha value is -2.29. The van der Waals surface area contributed by atoms with Crippen molar-refractivity contribution in [3.05, 3.63) is 29.8 Å². The van der Waals surface area contributed by atoms with Crippen molar-refractivity contribution in [3.8, 4) is 0 Å². The minimum Gasteiger partial charge on any atom is -0.435 e. The lowest BCUT2D eigenvalue weighted by Crippen LogP contribution is -2.40. The summed E-state index contributed by atoms with van der Waals surface area (Å²) in [6.45, 7) is 0.181. The van der Waals surface area contributed by atoms with Gasteiger partial charge in [-0.25, -0.2) is 9.80 Å². The molecule has 1 saturated heterocycles. The Labute approximate surface area is 130 Å². The second kappa shape index (κ2) is 6.45. The monoisotopic (exact) mass is 331 g/mol. The molecule has 2 rings (SSSR count). The standard InChI is InChI=1S/C14H16F3N3O3/c1-19(2)18-13(22)23-11-6-7-20(12(11)21)10-5-3-4-9(8-10)14(15,16)17/h3-5,8,11H,6-7H2,1-2H3,(H,18,22). The highest BCUT2D eigenvalue weighted by Gasteiger charge is 2.37. The molecule has 1 aliphatic heterocycles. The smallest absolute Gasteiger partial charge is 0.422 e. The van der Waals surface area contributed by atoms with Gasteiger partial charge < -0.3 is 9.64 Å². The minimum atomic E-state index is -4.49. The van der Waals surface area contributed by atoms with Crippen LogP contribution in [0.3, 0.4) is 0 Å². The van der Waals surface area contributed by atoms with Crippen LogP contribution in [0.1, 0.15) is 12.0 Å². The molecule has 0 bridgehead atoms. The highest BCUT2D eigenvalue weighted by atomic mass is 19.4. The molecule has 1 unspecified atom stereocenters. The number of benzene rings is 1. The lowest BCUT2D eigenvalue weighted by atomic mass is 10.2. The zero-order valence-corrected chi connectivity index (χ0v) is 12.6. The van der Waals surface area contributed by atoms with Crippen LogP contribution in [0.2, 0.25) is 0 Å². The number of carbonyl (C=O) groups is 2. The zero-order valence-electron chi connectivity index (χ0n) is 12.6. The van der Waals surface area contributed by atoms with Crippen molar-refractivity contribution >= 4 is 17.7 Å². The number of hydrogen-bond acceptors (Lipinski definition) is 4. The van der Waals surface area contributed by atoms with Gasteiger partial charge in [-0.15, -0.1) is 0 Å². The number of amides is 2. The van der Waals surface area contributed by atoms with Gasteiger partial charge in [0.2, 0.25) is 0 Å². The zero-order chi connectivity index (χ0) is 17.2. The topological polar surface area (TPSA) is 61.9 Å². The first-order valence-corrected chi connectivity index (χ1v) is 6.81. The van der Waals surface area contributed by atoms with Crippen LogP contribution in [0, 0.1) is 0 Å². The van der Waals surface area contributed by atoms with Crippen LogP contribution in [0.15, 0.2) is 24.3 Å². The fourth-order valence-electron chi connectivity index (χ4n) is 2.21. The van der Waals surface area contributed by atoms with Crippen molar-refractivity contribution in [1.29, 1.82) is 0 Å². The predicted octanol–water partition coefficient (Wildman–Crippen LogP) is 2.01. The second-order valence-corrected chi connectivity index (χ2v) is 5.23. The van der Waals surface area contributed by atoms with E-state index in [2.05, 4.69) is 5.43 Å². The number of nitrogens with one attached hydrogen (secondary N) is 1. The van der Waals surface area contributed by atoms with Crippen LogP contribution >= 0.6 is 0 Å². The van der Waals surface area contributed by atoms with Gasteiger partial charge in [-0.2, -0.15) is 13.2 Å². The van der Waals surface area contributed by atoms with Gasteiger partial charge in [0.1, 0.15) is 0 Å². The van der Waals surface area contributed by atoms with Gasteiger partial charge in [0.25, 0.3) is 5.91 Å². The summed E-state index contributed by atoms with van der Waals surface area (Å²) in [5.41, 5.74) is 1.62. The van der Waals surface area contributed by atoms with E-state index in [1.165, 1.54) is 22.0 Å². The van der Waals surface area contributed by atoms with Gasteiger partial charge in [-0.05, 0) is 18.2 Å². The molecule has 0 aromatic heterocycles. The minimum absolute atomic E-state index is 0.129. The molecular formula is C14H16F3N3O3. The molecule has 2 amide bonds. The molecule has 1 heterocycles. The Morgan fingerprint density at radius 2 is 2.09 bits per heavy atom. The maximum Gasteiger partial charge on any atom is 0.422 e. The number of anilines is 1. The molecule has 6 nitrogen and oxygen atoms in total. The van der Waals surface area contributed by atoms with Gasteiger partial charge in [-0.3, -0.25) is 10.2 Å². The van der Waals surface area contributed by atoms with Gasteiger partial charge in [0, 0.05) is 32.7 Å². The average Bonchev–Trinajstić information content (AvgIpc) is 2.78. The van der Waals surface area contributed by atoms with Crippen molar-refractivity contribution in [1.82, 2.24) is 10.4 Å². The van der Waals surface area contributed by atoms with Crippen LogP contribution in [0.5, 0.6) is 0 Å². The molecule has 23 heavy (non-hydrogen) atoms. The first-order valence-electron chi connectivity index (χ1n) is 6.81. The van der Waals surface area contributed by atoms with E-state index in [1.807, 2.05) is 0 Å². The number of ether oxygens (including phenoxy) is 1. The van der Waals surface area contributed by atoms with E-state index in [4.69, 9.17) is 4.74 Å². The fraction of sp³-hybridized carbons (Fsp3) is 0.429. The molecule has 1 N–H and O–H groups in total. The van der Waals surface area contributed by atoms with Crippen molar-refractivity contribution in [2.24, 2.45) is 0 Å². The van der Waals surface area contributed by atoms with E-state index in [0.29, 0.717) is 0 Å². The number of halogens is 3. The van der Waals surface area contributed by atoms with Gasteiger partial charge in [0.05, 0.1) is 5.56 Å². The van der Waals surface area contributed by atoms with Crippen LogP contribution in [0.25, 0.3) is 0 Å². The van der Waals surface area contributed by atoms with E-state index >= 15 is 0 Å². The van der Waals surface area contributed by atoms with Gasteiger partial charge in [0.15, 0.2) is 6.10 Å². The van der Waals surface area contributed by atoms with E-state index < -0.39 is 29.8 Å². The third kappa shape index (κ3) is 4.13. The van der Waals surface area contributed by atoms with E-state index in [0.717, 1.165) is 12.1 Å². The summed E-state index contributed by atoms with van der Waals surface area (Å²) in [6.07, 6.45) is -6.07. The maximum absolute atomic E-state index is 12.7. The number of hydrogen-bond donors (Lipinski definition) is 1. The molecule has 126 valence electrons. The van der Waals surface area contributed by atoms with Crippen molar-refractivity contribution in [2.45, 2.75) is 18.7 Å². The molecule has 9 heteroatoms. The fourth-order valence-corrected chi connectivity index (χ4v) is 2.21. The number of hydrazine groups is 1. The Bertz CT molecular complexity index is 604. The average molecular weight is 331 g/mol. The van der Waals surface area contributed by atoms with Gasteiger partial charge in [-0.1, -0.05) is 6.07 Å². The molecule has 1 aliphatic rings. The summed E-state index contributed by atoms with van der Waals surface area (Å²) < 4.78 is 43.2. The van der Waals surface area contributed by atoms with Gasteiger partial charge >= 0.3 is 12.3 Å². The molecule has 1 aromatic carbocycles. The number of carbonyl (C=O) groups excluding carboxylic acids is 2. The third-order valence-electron chi connectivity index (χ3n) is 3.21. The number of rotatable bonds is 3. The Morgan fingerprint density at radius 3 is 2.70 bits per heavy atom. The van der Waals surface area contributed by atoms with E-state index in [1.54, 1.807) is 14.1 Å². The van der Waals surface area contributed by atoms with Crippen molar-refractivity contribution < 1.29 is 27.5 Å². The van der Waals surface area contributed by atoms with Crippen molar-refractivity contribution in [3.63, 3.8) is 0 Å². The maximum atomic E-state index is 12.7. The molecular weight excluding hydrogens is 315 g/mol. The largest absolute Gasteiger partial charge is 0.435 e. The lowest BCUT2D eigenvalue weighted by Gasteiger charge is -2.19. The Kier molecular flexibility index (Phi) is 4.79. The summed E-state index contributed by atoms with van der Waals surface area (Å²) in [4.78, 5) is 24.9. The van der Waals surface area contributed by atoms with Crippen LogP contribution < -0.4 is 10.3 Å². The molecule has 1 atom stereocenters. The quantitative estimate of drug-likeness (QED) is 0.861. The summed E-state index contributed by atoms with van der Waals surface area (Å²) in [5, 5.41) is 1.35. The van der Waals surface area contributed by atoms with Crippen LogP contribution in [0.4, 0.5) is 23.7 Å². The summed E-state index contributed by atoms with van der Waals surface area (Å²) >= 11 is 0. The molecule has 1 aromatic rings. The number of alkyl halides is 3. The highest BCUT2D eigenvalue weighted by Crippen LogP contribution is 2.33. The Morgan fingerprint density at radius 1 is 1.39 bits per heavy atom. The number of nitrogens with zero attached hydrogens (tertiary/aromatic N) is 2. The SMILES string of the molecule is CN(C)NC(=O)OC1CCN(c2cccc(C(F)(F)F)c2)C1=O. The third-order valence-corrected chi connectivity index (χ3v) is 3.21. The molecule has 1 fully saturated rings. The lowest BCUT2D eigenvalue weighted by molar-refractivity contribution is -0.137. The predicted molar refractivity (Wildman–Crippen MR) is 75.5 cm³/mol. The molecule has 0 aliphatic carbocycles. The Balaban J connectivity index is 2.09. The van der Waals surface area contributed by atoms with Crippen molar-refractivity contribution in [2.75, 3.05) is 25.5 Å². The summed E-state index contributed by atoms with van der Waals surface area (Å²) in [5.74, 6) is -0.543. The molecule has 0 radical (unpaired) electrons. The second-order valence-electron chi connectivity index (χ2n) is 5.23. The first-order chi connectivity index (χ1) is 10.7. The van der Waals surface area contributed by atoms with Crippen LogP contribution in [-0.2, 0) is 15.7 Å². The van der Waals surface area contributed by atoms with E-state index in [9.17, 15) is 22.8 Å².